The van der Waals surface area contributed by atoms with Crippen LogP contribution in [0.4, 0.5) is 0 Å². The van der Waals surface area contributed by atoms with Crippen LogP contribution in [-0.2, 0) is 19.4 Å². The molecule has 2 aliphatic carbocycles. The molecular weight excluding hydrogens is 292 g/mol. The molecule has 1 saturated heterocycles. The van der Waals surface area contributed by atoms with E-state index < -0.39 is 9.84 Å². The molecule has 3 aliphatic rings. The van der Waals surface area contributed by atoms with Crippen molar-refractivity contribution in [3.63, 3.8) is 0 Å². The van der Waals surface area contributed by atoms with Crippen LogP contribution in [0.3, 0.4) is 0 Å². The quantitative estimate of drug-likeness (QED) is 0.763. The SMILES string of the molecule is O=C(NC1CCCC1)C1CC1C(=O)NC1CCS(=O)(=O)C1. The first kappa shape index (κ1) is 14.8. The molecular formula is C14H22N2O4S. The lowest BCUT2D eigenvalue weighted by Crippen LogP contribution is -2.39. The fraction of sp³-hybridized carbons (Fsp3) is 0.857. The second-order valence-electron chi connectivity index (χ2n) is 6.55. The topological polar surface area (TPSA) is 92.3 Å². The molecule has 0 aromatic heterocycles. The average Bonchev–Trinajstić information content (AvgIpc) is 2.94. The Kier molecular flexibility index (Phi) is 3.94. The van der Waals surface area contributed by atoms with Crippen molar-refractivity contribution in [1.29, 1.82) is 0 Å². The molecule has 0 radical (unpaired) electrons. The first-order chi connectivity index (χ1) is 9.94. The van der Waals surface area contributed by atoms with Crippen LogP contribution in [0.5, 0.6) is 0 Å². The van der Waals surface area contributed by atoms with E-state index in [9.17, 15) is 18.0 Å². The number of sulfone groups is 1. The number of rotatable bonds is 4. The van der Waals surface area contributed by atoms with E-state index in [2.05, 4.69) is 10.6 Å². The van der Waals surface area contributed by atoms with E-state index in [1.807, 2.05) is 0 Å². The first-order valence-corrected chi connectivity index (χ1v) is 9.58. The Morgan fingerprint density at radius 1 is 0.857 bits per heavy atom. The van der Waals surface area contributed by atoms with Gasteiger partial charge in [0.1, 0.15) is 0 Å². The zero-order valence-corrected chi connectivity index (χ0v) is 12.8. The van der Waals surface area contributed by atoms with Crippen molar-refractivity contribution in [3.05, 3.63) is 0 Å². The molecule has 2 N–H and O–H groups in total. The Balaban J connectivity index is 1.44. The zero-order chi connectivity index (χ0) is 15.0. The highest BCUT2D eigenvalue weighted by Gasteiger charge is 2.49. The maximum atomic E-state index is 12.0. The summed E-state index contributed by atoms with van der Waals surface area (Å²) < 4.78 is 22.7. The van der Waals surface area contributed by atoms with Crippen molar-refractivity contribution >= 4 is 21.7 Å². The van der Waals surface area contributed by atoms with Crippen LogP contribution < -0.4 is 10.6 Å². The van der Waals surface area contributed by atoms with E-state index in [0.717, 1.165) is 25.7 Å². The highest BCUT2D eigenvalue weighted by atomic mass is 32.2. The van der Waals surface area contributed by atoms with E-state index in [0.29, 0.717) is 12.8 Å². The van der Waals surface area contributed by atoms with Gasteiger partial charge in [-0.05, 0) is 25.7 Å². The largest absolute Gasteiger partial charge is 0.353 e. The molecule has 7 heteroatoms. The van der Waals surface area contributed by atoms with Gasteiger partial charge >= 0.3 is 0 Å². The molecule has 21 heavy (non-hydrogen) atoms. The van der Waals surface area contributed by atoms with Gasteiger partial charge in [-0.15, -0.1) is 0 Å². The van der Waals surface area contributed by atoms with E-state index >= 15 is 0 Å². The Labute approximate surface area is 125 Å². The third-order valence-corrected chi connectivity index (χ3v) is 6.51. The van der Waals surface area contributed by atoms with Crippen LogP contribution in [-0.4, -0.2) is 43.8 Å². The van der Waals surface area contributed by atoms with Gasteiger partial charge in [-0.3, -0.25) is 9.59 Å². The van der Waals surface area contributed by atoms with Gasteiger partial charge < -0.3 is 10.6 Å². The molecule has 1 aliphatic heterocycles. The highest BCUT2D eigenvalue weighted by Crippen LogP contribution is 2.39. The molecule has 2 saturated carbocycles. The minimum atomic E-state index is -2.99. The molecule has 1 heterocycles. The second-order valence-corrected chi connectivity index (χ2v) is 8.78. The molecule has 3 fully saturated rings. The van der Waals surface area contributed by atoms with Crippen molar-refractivity contribution < 1.29 is 18.0 Å². The highest BCUT2D eigenvalue weighted by molar-refractivity contribution is 7.91. The maximum Gasteiger partial charge on any atom is 0.224 e. The van der Waals surface area contributed by atoms with Crippen LogP contribution in [0.1, 0.15) is 38.5 Å². The standard InChI is InChI=1S/C14H22N2O4S/c17-13(15-9-3-1-2-4-9)11-7-12(11)14(18)16-10-5-6-21(19,20)8-10/h9-12H,1-8H2,(H,15,17)(H,16,18). The second kappa shape index (κ2) is 5.59. The predicted molar refractivity (Wildman–Crippen MR) is 77.2 cm³/mol. The van der Waals surface area contributed by atoms with Crippen LogP contribution in [0.25, 0.3) is 0 Å². The van der Waals surface area contributed by atoms with E-state index in [-0.39, 0.29) is 47.2 Å². The lowest BCUT2D eigenvalue weighted by molar-refractivity contribution is -0.127. The molecule has 3 atom stereocenters. The normalized spacial score (nSPS) is 34.6. The van der Waals surface area contributed by atoms with Gasteiger partial charge in [-0.1, -0.05) is 12.8 Å². The summed E-state index contributed by atoms with van der Waals surface area (Å²) >= 11 is 0. The van der Waals surface area contributed by atoms with Crippen LogP contribution in [0, 0.1) is 11.8 Å². The summed E-state index contributed by atoms with van der Waals surface area (Å²) in [6.45, 7) is 0. The minimum absolute atomic E-state index is 0.0129. The molecule has 3 rings (SSSR count). The number of carbonyl (C=O) groups is 2. The lowest BCUT2D eigenvalue weighted by Gasteiger charge is -2.12. The summed E-state index contributed by atoms with van der Waals surface area (Å²) in [7, 11) is -2.99. The third-order valence-electron chi connectivity index (χ3n) is 4.74. The Hall–Kier alpha value is -1.11. The van der Waals surface area contributed by atoms with Crippen LogP contribution in [0.2, 0.25) is 0 Å². The van der Waals surface area contributed by atoms with E-state index in [1.165, 1.54) is 0 Å². The van der Waals surface area contributed by atoms with Gasteiger partial charge in [0.05, 0.1) is 23.3 Å². The van der Waals surface area contributed by atoms with Gasteiger partial charge in [-0.2, -0.15) is 0 Å². The van der Waals surface area contributed by atoms with Crippen molar-refractivity contribution in [1.82, 2.24) is 10.6 Å². The molecule has 0 spiro atoms. The average molecular weight is 314 g/mol. The Morgan fingerprint density at radius 2 is 1.43 bits per heavy atom. The van der Waals surface area contributed by atoms with Crippen LogP contribution >= 0.6 is 0 Å². The van der Waals surface area contributed by atoms with Gasteiger partial charge in [0.25, 0.3) is 0 Å². The molecule has 3 unspecified atom stereocenters. The van der Waals surface area contributed by atoms with Gasteiger partial charge in [0.15, 0.2) is 9.84 Å². The summed E-state index contributed by atoms with van der Waals surface area (Å²) in [6.07, 6.45) is 5.47. The minimum Gasteiger partial charge on any atom is -0.353 e. The summed E-state index contributed by atoms with van der Waals surface area (Å²) in [5, 5.41) is 5.79. The third kappa shape index (κ3) is 3.56. The van der Waals surface area contributed by atoms with Crippen LogP contribution in [0.15, 0.2) is 0 Å². The van der Waals surface area contributed by atoms with Crippen molar-refractivity contribution in [2.75, 3.05) is 11.5 Å². The summed E-state index contributed by atoms with van der Waals surface area (Å²) in [5.74, 6) is -0.485. The fourth-order valence-corrected chi connectivity index (χ4v) is 5.04. The molecule has 0 aromatic rings. The van der Waals surface area contributed by atoms with Gasteiger partial charge in [0, 0.05) is 12.1 Å². The first-order valence-electron chi connectivity index (χ1n) is 7.76. The van der Waals surface area contributed by atoms with E-state index in [4.69, 9.17) is 0 Å². The fourth-order valence-electron chi connectivity index (χ4n) is 3.37. The van der Waals surface area contributed by atoms with E-state index in [1.54, 1.807) is 0 Å². The number of amides is 2. The monoisotopic (exact) mass is 314 g/mol. The van der Waals surface area contributed by atoms with Crippen molar-refractivity contribution in [3.8, 4) is 0 Å². The van der Waals surface area contributed by atoms with Crippen molar-refractivity contribution in [2.24, 2.45) is 11.8 Å². The summed E-state index contributed by atoms with van der Waals surface area (Å²) in [4.78, 5) is 24.1. The molecule has 118 valence electrons. The summed E-state index contributed by atoms with van der Waals surface area (Å²) in [5.41, 5.74) is 0. The molecule has 0 aromatic carbocycles. The Morgan fingerprint density at radius 3 is 1.95 bits per heavy atom. The molecule has 6 nitrogen and oxygen atoms in total. The molecule has 0 bridgehead atoms. The number of nitrogens with one attached hydrogen (secondary N) is 2. The maximum absolute atomic E-state index is 12.0. The van der Waals surface area contributed by atoms with Gasteiger partial charge in [0.2, 0.25) is 11.8 Å². The predicted octanol–water partition coefficient (Wildman–Crippen LogP) is -0.0154. The van der Waals surface area contributed by atoms with Gasteiger partial charge in [-0.25, -0.2) is 8.42 Å². The Bertz CT molecular complexity index is 539. The number of hydrogen-bond acceptors (Lipinski definition) is 4. The zero-order valence-electron chi connectivity index (χ0n) is 12.0. The molecule has 2 amide bonds. The lowest BCUT2D eigenvalue weighted by atomic mass is 10.2. The number of carbonyl (C=O) groups excluding carboxylic acids is 2. The van der Waals surface area contributed by atoms with Crippen molar-refractivity contribution in [2.45, 2.75) is 50.6 Å². The summed E-state index contributed by atoms with van der Waals surface area (Å²) in [6, 6.07) is 0.00318. The number of hydrogen-bond donors (Lipinski definition) is 2. The smallest absolute Gasteiger partial charge is 0.224 e.